The summed E-state index contributed by atoms with van der Waals surface area (Å²) in [5.74, 6) is -2.29. The van der Waals surface area contributed by atoms with E-state index in [4.69, 9.17) is 15.6 Å². The Bertz CT molecular complexity index is 479. The highest BCUT2D eigenvalue weighted by Crippen LogP contribution is 2.15. The Balaban J connectivity index is 2.64. The van der Waals surface area contributed by atoms with Crippen LogP contribution in [0.3, 0.4) is 0 Å². The lowest BCUT2D eigenvalue weighted by Gasteiger charge is -2.14. The van der Waals surface area contributed by atoms with E-state index in [0.29, 0.717) is 0 Å². The molecule has 1 amide bonds. The number of anilines is 1. The van der Waals surface area contributed by atoms with Crippen LogP contribution in [0.25, 0.3) is 0 Å². The predicted molar refractivity (Wildman–Crippen MR) is 66.2 cm³/mol. The monoisotopic (exact) mass is 270 g/mol. The lowest BCUT2D eigenvalue weighted by Crippen LogP contribution is -2.34. The molecule has 0 fully saturated rings. The minimum atomic E-state index is -1.04. The molecule has 0 spiro atoms. The molecule has 0 heterocycles. The number of methoxy groups -OCH3 is 1. The smallest absolute Gasteiger partial charge is 0.306 e. The van der Waals surface area contributed by atoms with Crippen LogP contribution >= 0.6 is 0 Å². The molecule has 104 valence electrons. The highest BCUT2D eigenvalue weighted by molar-refractivity contribution is 5.99. The fourth-order valence-electron chi connectivity index (χ4n) is 1.47. The van der Waals surface area contributed by atoms with Gasteiger partial charge in [0.25, 0.3) is 5.91 Å². The maximum Gasteiger partial charge on any atom is 0.306 e. The Morgan fingerprint density at radius 1 is 1.53 bits per heavy atom. The molecule has 0 radical (unpaired) electrons. The molecule has 1 unspecified atom stereocenters. The van der Waals surface area contributed by atoms with Crippen LogP contribution in [0.5, 0.6) is 0 Å². The second kappa shape index (κ2) is 6.69. The van der Waals surface area contributed by atoms with Crippen LogP contribution in [0.15, 0.2) is 18.2 Å². The summed E-state index contributed by atoms with van der Waals surface area (Å²) >= 11 is 0. The van der Waals surface area contributed by atoms with Crippen LogP contribution in [-0.2, 0) is 9.53 Å². The Morgan fingerprint density at radius 2 is 2.21 bits per heavy atom. The maximum absolute atomic E-state index is 13.2. The molecular formula is C12H15FN2O4. The summed E-state index contributed by atoms with van der Waals surface area (Å²) < 4.78 is 18.1. The zero-order valence-electron chi connectivity index (χ0n) is 10.4. The van der Waals surface area contributed by atoms with Gasteiger partial charge in [-0.2, -0.15) is 0 Å². The lowest BCUT2D eigenvalue weighted by atomic mass is 10.1. The van der Waals surface area contributed by atoms with Crippen LogP contribution in [0.4, 0.5) is 10.1 Å². The van der Waals surface area contributed by atoms with Crippen LogP contribution < -0.4 is 11.1 Å². The predicted octanol–water partition coefficient (Wildman–Crippen LogP) is 0.627. The third-order valence-electron chi connectivity index (χ3n) is 2.52. The molecule has 7 heteroatoms. The van der Waals surface area contributed by atoms with Crippen molar-refractivity contribution in [3.8, 4) is 0 Å². The summed E-state index contributed by atoms with van der Waals surface area (Å²) in [5, 5.41) is 11.1. The van der Waals surface area contributed by atoms with E-state index in [1.807, 2.05) is 0 Å². The Kier molecular flexibility index (Phi) is 5.25. The lowest BCUT2D eigenvalue weighted by molar-refractivity contribution is -0.139. The number of nitrogens with one attached hydrogen (secondary N) is 1. The number of aliphatic carboxylic acids is 1. The van der Waals surface area contributed by atoms with Gasteiger partial charge in [0.1, 0.15) is 5.82 Å². The van der Waals surface area contributed by atoms with Gasteiger partial charge in [-0.05, 0) is 12.1 Å². The van der Waals surface area contributed by atoms with Gasteiger partial charge in [0.05, 0.1) is 23.8 Å². The number of hydrogen-bond donors (Lipinski definition) is 3. The van der Waals surface area contributed by atoms with Crippen molar-refractivity contribution in [2.75, 3.05) is 19.4 Å². The second-order valence-corrected chi connectivity index (χ2v) is 3.87. The summed E-state index contributed by atoms with van der Waals surface area (Å²) in [5.41, 5.74) is 5.20. The minimum absolute atomic E-state index is 0.00239. The molecule has 4 N–H and O–H groups in total. The summed E-state index contributed by atoms with van der Waals surface area (Å²) in [7, 11) is 1.34. The number of rotatable bonds is 6. The molecule has 0 aliphatic carbocycles. The summed E-state index contributed by atoms with van der Waals surface area (Å²) in [6, 6.07) is 3.90. The number of ether oxygens (including phenoxy) is 1. The Hall–Kier alpha value is -2.15. The van der Waals surface area contributed by atoms with Crippen LogP contribution in [-0.4, -0.2) is 36.7 Å². The van der Waals surface area contributed by atoms with Gasteiger partial charge in [-0.15, -0.1) is 0 Å². The van der Waals surface area contributed by atoms with E-state index in [1.54, 1.807) is 0 Å². The number of benzene rings is 1. The van der Waals surface area contributed by atoms with Crippen molar-refractivity contribution in [1.29, 1.82) is 0 Å². The van der Waals surface area contributed by atoms with Crippen molar-refractivity contribution in [2.45, 2.75) is 12.5 Å². The van der Waals surface area contributed by atoms with Gasteiger partial charge in [-0.25, -0.2) is 4.39 Å². The maximum atomic E-state index is 13.2. The molecule has 0 saturated carbocycles. The molecule has 0 saturated heterocycles. The molecule has 0 bridgehead atoms. The van der Waals surface area contributed by atoms with Crippen LogP contribution in [0.2, 0.25) is 0 Å². The molecule has 1 rings (SSSR count). The molecule has 0 aromatic heterocycles. The largest absolute Gasteiger partial charge is 0.481 e. The molecule has 0 aliphatic rings. The molecule has 19 heavy (non-hydrogen) atoms. The number of carbonyl (C=O) groups is 2. The van der Waals surface area contributed by atoms with Crippen molar-refractivity contribution < 1.29 is 23.8 Å². The van der Waals surface area contributed by atoms with Crippen LogP contribution in [0, 0.1) is 5.82 Å². The van der Waals surface area contributed by atoms with Gasteiger partial charge in [0, 0.05) is 13.7 Å². The highest BCUT2D eigenvalue weighted by Gasteiger charge is 2.16. The van der Waals surface area contributed by atoms with Crippen molar-refractivity contribution in [2.24, 2.45) is 0 Å². The van der Waals surface area contributed by atoms with Gasteiger partial charge in [-0.3, -0.25) is 9.59 Å². The number of nitrogens with two attached hydrogens (primary N) is 1. The van der Waals surface area contributed by atoms with E-state index < -0.39 is 23.8 Å². The fourth-order valence-corrected chi connectivity index (χ4v) is 1.47. The number of carboxylic acids is 1. The van der Waals surface area contributed by atoms with Gasteiger partial charge >= 0.3 is 5.97 Å². The van der Waals surface area contributed by atoms with E-state index in [1.165, 1.54) is 19.2 Å². The standard InChI is InChI=1S/C12H15FN2O4/c1-19-7(5-10(16)17)6-15-12(18)8-3-2-4-9(13)11(8)14/h2-4,7H,5-6,14H2,1H3,(H,15,18)(H,16,17). The van der Waals surface area contributed by atoms with Gasteiger partial charge in [0.2, 0.25) is 0 Å². The molecule has 1 aromatic rings. The quantitative estimate of drug-likeness (QED) is 0.658. The second-order valence-electron chi connectivity index (χ2n) is 3.87. The fraction of sp³-hybridized carbons (Fsp3) is 0.333. The highest BCUT2D eigenvalue weighted by atomic mass is 19.1. The van der Waals surface area contributed by atoms with E-state index in [-0.39, 0.29) is 24.2 Å². The van der Waals surface area contributed by atoms with Gasteiger partial charge < -0.3 is 20.9 Å². The molecule has 0 aliphatic heterocycles. The number of para-hydroxylation sites is 1. The van der Waals surface area contributed by atoms with E-state index in [9.17, 15) is 14.0 Å². The number of carbonyl (C=O) groups excluding carboxylic acids is 1. The van der Waals surface area contributed by atoms with Gasteiger partial charge in [0.15, 0.2) is 0 Å². The normalized spacial score (nSPS) is 11.9. The number of halogens is 1. The molecular weight excluding hydrogens is 255 g/mol. The van der Waals surface area contributed by atoms with Gasteiger partial charge in [-0.1, -0.05) is 6.07 Å². The van der Waals surface area contributed by atoms with E-state index >= 15 is 0 Å². The number of carboxylic acid groups (broad SMARTS) is 1. The minimum Gasteiger partial charge on any atom is -0.481 e. The zero-order chi connectivity index (χ0) is 14.4. The van der Waals surface area contributed by atoms with Crippen molar-refractivity contribution in [3.63, 3.8) is 0 Å². The molecule has 1 aromatic carbocycles. The van der Waals surface area contributed by atoms with Crippen LogP contribution in [0.1, 0.15) is 16.8 Å². The molecule has 1 atom stereocenters. The number of amides is 1. The summed E-state index contributed by atoms with van der Waals surface area (Å²) in [6.07, 6.45) is -0.897. The third kappa shape index (κ3) is 4.22. The number of hydrogen-bond acceptors (Lipinski definition) is 4. The average Bonchev–Trinajstić information content (AvgIpc) is 2.37. The van der Waals surface area contributed by atoms with E-state index in [0.717, 1.165) is 6.07 Å². The third-order valence-corrected chi connectivity index (χ3v) is 2.52. The molecule has 6 nitrogen and oxygen atoms in total. The van der Waals surface area contributed by atoms with Crippen molar-refractivity contribution in [1.82, 2.24) is 5.32 Å². The van der Waals surface area contributed by atoms with Crippen molar-refractivity contribution in [3.05, 3.63) is 29.6 Å². The number of nitrogen functional groups attached to an aromatic ring is 1. The SMILES string of the molecule is COC(CNC(=O)c1cccc(F)c1N)CC(=O)O. The average molecular weight is 270 g/mol. The Morgan fingerprint density at radius 3 is 2.79 bits per heavy atom. The summed E-state index contributed by atoms with van der Waals surface area (Å²) in [6.45, 7) is -0.00239. The first-order valence-electron chi connectivity index (χ1n) is 5.52. The summed E-state index contributed by atoms with van der Waals surface area (Å²) in [4.78, 5) is 22.3. The Labute approximate surface area is 109 Å². The zero-order valence-corrected chi connectivity index (χ0v) is 10.4. The van der Waals surface area contributed by atoms with Crippen molar-refractivity contribution >= 4 is 17.6 Å². The first kappa shape index (κ1) is 14.9. The first-order valence-corrected chi connectivity index (χ1v) is 5.52. The first-order chi connectivity index (χ1) is 8.95. The van der Waals surface area contributed by atoms with E-state index in [2.05, 4.69) is 5.32 Å². The topological polar surface area (TPSA) is 102 Å².